The van der Waals surface area contributed by atoms with Crippen molar-refractivity contribution in [2.24, 2.45) is 0 Å². The van der Waals surface area contributed by atoms with Crippen LogP contribution in [0.3, 0.4) is 0 Å². The SMILES string of the molecule is C.O=[Si]=O.[3H]I=O.[O]=[Zr]=[O].[O]=[Zr]=[O]. The molecule has 0 N–H and O–H groups in total. The summed E-state index contributed by atoms with van der Waals surface area (Å²) in [6.45, 7) is 0. The molecule has 0 aliphatic carbocycles. The van der Waals surface area contributed by atoms with Crippen LogP contribution in [0.5, 0.6) is 0 Å². The van der Waals surface area contributed by atoms with E-state index in [1.165, 1.54) is 0 Å². The van der Waals surface area contributed by atoms with Crippen molar-refractivity contribution in [3.63, 3.8) is 0 Å². The van der Waals surface area contributed by atoms with Crippen LogP contribution in [0.4, 0.5) is 0 Å². The Morgan fingerprint density at radius 3 is 1.08 bits per heavy atom. The van der Waals surface area contributed by atoms with E-state index in [9.17, 15) is 0 Å². The fourth-order valence-electron chi connectivity index (χ4n) is 0. The van der Waals surface area contributed by atoms with Gasteiger partial charge in [-0.2, -0.15) is 0 Å². The fraction of sp³-hybridized carbons (Fsp3) is 1.00. The Balaban J connectivity index is -0.0000000213. The van der Waals surface area contributed by atoms with Gasteiger partial charge in [0.05, 0.1) is 0 Å². The molecule has 0 aromatic carbocycles. The second-order valence-electron chi connectivity index (χ2n) is 0.250. The molecule has 0 radical (unpaired) electrons. The summed E-state index contributed by atoms with van der Waals surface area (Å²) < 4.78 is 65.5. The van der Waals surface area contributed by atoms with Gasteiger partial charge in [0.15, 0.2) is 0 Å². The first kappa shape index (κ1) is 23.3. The molecule has 0 aromatic rings. The normalized spacial score (nSPS) is 3.50. The van der Waals surface area contributed by atoms with E-state index in [0.29, 0.717) is 0 Å². The molecule has 0 spiro atoms. The summed E-state index contributed by atoms with van der Waals surface area (Å²) in [6.07, 6.45) is 0. The molecule has 0 fully saturated rings. The van der Waals surface area contributed by atoms with E-state index in [1.54, 1.807) is 0 Å². The second kappa shape index (κ2) is 84.7. The monoisotopic (exact) mass is 466 g/mol. The van der Waals surface area contributed by atoms with Gasteiger partial charge in [-0.05, 0) is 0 Å². The van der Waals surface area contributed by atoms with Gasteiger partial charge in [0.25, 0.3) is 0 Å². The van der Waals surface area contributed by atoms with Gasteiger partial charge in [-0.15, -0.1) is 0 Å². The third-order valence-corrected chi connectivity index (χ3v) is 0. The van der Waals surface area contributed by atoms with Gasteiger partial charge in [-0.1, -0.05) is 7.43 Å². The van der Waals surface area contributed by atoms with E-state index in [2.05, 4.69) is 0 Å². The van der Waals surface area contributed by atoms with Crippen molar-refractivity contribution in [2.45, 2.75) is 7.43 Å². The number of rotatable bonds is 0. The maximum atomic E-state index is 8.71. The summed E-state index contributed by atoms with van der Waals surface area (Å²) in [6, 6.07) is 0. The Labute approximate surface area is 108 Å². The minimum atomic E-state index is -2.27. The molecule has 70 valence electrons. The maximum absolute atomic E-state index is 8.71. The van der Waals surface area contributed by atoms with Gasteiger partial charge in [-0.25, -0.2) is 0 Å². The number of halogens is 1. The molecule has 0 atom stereocenters. The number of hydrogen-bond donors (Lipinski definition) is 0. The van der Waals surface area contributed by atoms with Crippen molar-refractivity contribution in [3.05, 3.63) is 0 Å². The van der Waals surface area contributed by atoms with Crippen LogP contribution < -0.4 is 0 Å². The predicted octanol–water partition coefficient (Wildman–Crippen LogP) is 0.0367. The van der Waals surface area contributed by atoms with Crippen LogP contribution in [-0.2, 0) is 69.7 Å². The zero-order chi connectivity index (χ0) is 10.8. The Morgan fingerprint density at radius 2 is 1.08 bits per heavy atom. The quantitative estimate of drug-likeness (QED) is 0.364. The molecule has 0 saturated carbocycles. The van der Waals surface area contributed by atoms with Crippen molar-refractivity contribution in [2.75, 3.05) is 0 Å². The summed E-state index contributed by atoms with van der Waals surface area (Å²) in [4.78, 5) is 0. The van der Waals surface area contributed by atoms with Crippen LogP contribution in [-0.4, -0.2) is 9.89 Å². The molecule has 7 nitrogen and oxygen atoms in total. The van der Waals surface area contributed by atoms with Gasteiger partial charge < -0.3 is 0 Å². The third-order valence-electron chi connectivity index (χ3n) is 0. The van der Waals surface area contributed by atoms with Crippen LogP contribution in [0.2, 0.25) is 0 Å². The minimum absolute atomic E-state index is 0. The Morgan fingerprint density at radius 1 is 1.08 bits per heavy atom. The molecule has 0 saturated heterocycles. The Kier molecular flexibility index (Phi) is 164. The van der Waals surface area contributed by atoms with Crippen LogP contribution in [0.25, 0.3) is 0 Å². The third kappa shape index (κ3) is 698. The molecule has 0 aliphatic heterocycles. The van der Waals surface area contributed by atoms with Gasteiger partial charge in [0.1, 0.15) is 23.0 Å². The van der Waals surface area contributed by atoms with Gasteiger partial charge in [-0.3, -0.25) is 12.0 Å². The van der Waals surface area contributed by atoms with E-state index < -0.39 is 78.2 Å². The van der Waals surface area contributed by atoms with Crippen molar-refractivity contribution in [1.82, 2.24) is 0 Å². The number of hydrogen-bond acceptors (Lipinski definition) is 7. The van der Waals surface area contributed by atoms with Crippen molar-refractivity contribution < 1.29 is 69.7 Å². The molecule has 11 heteroatoms. The van der Waals surface area contributed by atoms with E-state index in [-0.39, 0.29) is 7.43 Å². The van der Waals surface area contributed by atoms with Crippen molar-refractivity contribution in [1.29, 1.82) is 0.594 Å². The van der Waals surface area contributed by atoms with Crippen molar-refractivity contribution in [3.8, 4) is 0 Å². The molecule has 12 heavy (non-hydrogen) atoms. The average Bonchev–Trinajstić information content (AvgIpc) is 1.92. The second-order valence-corrected chi connectivity index (χ2v) is 1.24. The fourth-order valence-corrected chi connectivity index (χ4v) is 0. The van der Waals surface area contributed by atoms with Crippen molar-refractivity contribution >= 4 is 31.7 Å². The summed E-state index contributed by atoms with van der Waals surface area (Å²) in [5, 5.41) is 0. The molecule has 0 unspecified atom stereocenters. The van der Waals surface area contributed by atoms with E-state index >= 15 is 0 Å². The topological polar surface area (TPSA) is 119 Å². The summed E-state index contributed by atoms with van der Waals surface area (Å²) >= 11 is -5.95. The Bertz CT molecular complexity index is 150. The summed E-state index contributed by atoms with van der Waals surface area (Å²) in [5.41, 5.74) is 0. The molecular formula is CH5IO7SiZr2. The van der Waals surface area contributed by atoms with Gasteiger partial charge in [0, 0.05) is 0 Å². The molecule has 0 bridgehead atoms. The van der Waals surface area contributed by atoms with E-state index in [0.717, 1.165) is 0 Å². The molecular weight excluding hydrogens is 461 g/mol. The molecule has 0 rings (SSSR count). The molecule has 0 heterocycles. The first-order chi connectivity index (χ1) is 5.66. The molecule has 0 aromatic heterocycles. The molecule has 0 aliphatic rings. The van der Waals surface area contributed by atoms with E-state index in [4.69, 9.17) is 23.8 Å². The first-order valence-corrected chi connectivity index (χ1v) is 7.09. The Hall–Kier alpha value is 1.31. The standard InChI is InChI=1S/CH4.HIO.O2Si.4O.2Zr/c;1-2;1-3-2;;;;;;/h1H4;1H;;;;;;;/i;1T;;;;;;;. The first-order valence-electron chi connectivity index (χ1n) is 1.76. The van der Waals surface area contributed by atoms with Gasteiger partial charge >= 0.3 is 67.0 Å². The summed E-state index contributed by atoms with van der Waals surface area (Å²) in [5.74, 6) is 0. The van der Waals surface area contributed by atoms with Crippen LogP contribution in [0.15, 0.2) is 0 Å². The van der Waals surface area contributed by atoms with Crippen LogP contribution in [0.1, 0.15) is 7.43 Å². The van der Waals surface area contributed by atoms with Crippen LogP contribution in [0, 0.1) is 0 Å². The zero-order valence-electron chi connectivity index (χ0n) is 5.74. The summed E-state index contributed by atoms with van der Waals surface area (Å²) in [7, 11) is -1.42. The zero-order valence-corrected chi connectivity index (χ0v) is 12.8. The van der Waals surface area contributed by atoms with Gasteiger partial charge in [0.2, 0.25) is 0 Å². The average molecular weight is 468 g/mol. The predicted molar refractivity (Wildman–Crippen MR) is 32.7 cm³/mol. The van der Waals surface area contributed by atoms with E-state index in [1.807, 2.05) is 0 Å². The molecule has 0 amide bonds. The van der Waals surface area contributed by atoms with Crippen LogP contribution >= 0.6 is 22.4 Å².